The van der Waals surface area contributed by atoms with Gasteiger partial charge in [-0.05, 0) is 30.3 Å². The van der Waals surface area contributed by atoms with Crippen molar-refractivity contribution in [1.82, 2.24) is 0 Å². The quantitative estimate of drug-likeness (QED) is 0.549. The van der Waals surface area contributed by atoms with Crippen LogP contribution in [0.2, 0.25) is 0 Å². The van der Waals surface area contributed by atoms with Gasteiger partial charge in [0.15, 0.2) is 0 Å². The molecule has 0 N–H and O–H groups in total. The molecule has 15 heavy (non-hydrogen) atoms. The van der Waals surface area contributed by atoms with E-state index < -0.39 is 5.79 Å². The van der Waals surface area contributed by atoms with Gasteiger partial charge in [0.1, 0.15) is 5.75 Å². The van der Waals surface area contributed by atoms with Crippen molar-refractivity contribution in [3.8, 4) is 5.75 Å². The Morgan fingerprint density at radius 2 is 1.60 bits per heavy atom. The highest BCUT2D eigenvalue weighted by Crippen LogP contribution is 2.28. The standard InChI is InChI=1S/C12H16O3/c1-5-12(14-3,15-4)10-6-8-11(13-2)9-7-10/h5-9H,1H2,2-4H3. The van der Waals surface area contributed by atoms with Crippen molar-refractivity contribution in [3.05, 3.63) is 42.5 Å². The van der Waals surface area contributed by atoms with Crippen LogP contribution in [0.25, 0.3) is 0 Å². The third-order valence-electron chi connectivity index (χ3n) is 2.37. The molecule has 1 aromatic carbocycles. The largest absolute Gasteiger partial charge is 0.497 e. The summed E-state index contributed by atoms with van der Waals surface area (Å²) in [6.07, 6.45) is 1.62. The van der Waals surface area contributed by atoms with Gasteiger partial charge in [-0.2, -0.15) is 0 Å². The number of rotatable bonds is 5. The van der Waals surface area contributed by atoms with Crippen LogP contribution in [0, 0.1) is 0 Å². The smallest absolute Gasteiger partial charge is 0.214 e. The molecule has 0 bridgehead atoms. The molecule has 0 aliphatic heterocycles. The molecular weight excluding hydrogens is 192 g/mol. The van der Waals surface area contributed by atoms with Crippen molar-refractivity contribution in [1.29, 1.82) is 0 Å². The first-order chi connectivity index (χ1) is 7.22. The SMILES string of the molecule is C=CC(OC)(OC)c1ccc(OC)cc1. The van der Waals surface area contributed by atoms with E-state index in [9.17, 15) is 0 Å². The molecule has 0 atom stereocenters. The molecule has 0 spiro atoms. The third-order valence-corrected chi connectivity index (χ3v) is 2.37. The Morgan fingerprint density at radius 3 is 1.93 bits per heavy atom. The predicted octanol–water partition coefficient (Wildman–Crippen LogP) is 2.33. The summed E-state index contributed by atoms with van der Waals surface area (Å²) in [5, 5.41) is 0. The first-order valence-corrected chi connectivity index (χ1v) is 4.61. The summed E-state index contributed by atoms with van der Waals surface area (Å²) in [5.41, 5.74) is 0.878. The molecule has 1 rings (SSSR count). The summed E-state index contributed by atoms with van der Waals surface area (Å²) < 4.78 is 15.7. The van der Waals surface area contributed by atoms with E-state index >= 15 is 0 Å². The number of benzene rings is 1. The van der Waals surface area contributed by atoms with E-state index in [4.69, 9.17) is 14.2 Å². The highest BCUT2D eigenvalue weighted by molar-refractivity contribution is 5.31. The maximum Gasteiger partial charge on any atom is 0.214 e. The van der Waals surface area contributed by atoms with Gasteiger partial charge in [0.25, 0.3) is 0 Å². The van der Waals surface area contributed by atoms with Crippen molar-refractivity contribution in [3.63, 3.8) is 0 Å². The molecule has 3 nitrogen and oxygen atoms in total. The van der Waals surface area contributed by atoms with E-state index in [-0.39, 0.29) is 0 Å². The van der Waals surface area contributed by atoms with Gasteiger partial charge in [0, 0.05) is 19.8 Å². The Hall–Kier alpha value is -1.32. The minimum Gasteiger partial charge on any atom is -0.497 e. The second kappa shape index (κ2) is 4.96. The lowest BCUT2D eigenvalue weighted by molar-refractivity contribution is -0.177. The molecule has 0 amide bonds. The molecular formula is C12H16O3. The molecule has 0 heterocycles. The van der Waals surface area contributed by atoms with Crippen molar-refractivity contribution in [2.45, 2.75) is 5.79 Å². The van der Waals surface area contributed by atoms with Gasteiger partial charge in [0.2, 0.25) is 5.79 Å². The van der Waals surface area contributed by atoms with Crippen molar-refractivity contribution in [2.24, 2.45) is 0 Å². The summed E-state index contributed by atoms with van der Waals surface area (Å²) in [4.78, 5) is 0. The first-order valence-electron chi connectivity index (χ1n) is 4.61. The normalized spacial score (nSPS) is 11.1. The molecule has 0 aliphatic rings. The minimum absolute atomic E-state index is 0.795. The van der Waals surface area contributed by atoms with Gasteiger partial charge < -0.3 is 14.2 Å². The minimum atomic E-state index is -0.883. The fraction of sp³-hybridized carbons (Fsp3) is 0.333. The molecule has 0 unspecified atom stereocenters. The van der Waals surface area contributed by atoms with Crippen LogP contribution in [-0.2, 0) is 15.3 Å². The van der Waals surface area contributed by atoms with Crippen LogP contribution in [0.4, 0.5) is 0 Å². The maximum absolute atomic E-state index is 5.31. The summed E-state index contributed by atoms with van der Waals surface area (Å²) in [5.74, 6) is -0.0874. The van der Waals surface area contributed by atoms with Crippen LogP contribution in [-0.4, -0.2) is 21.3 Å². The van der Waals surface area contributed by atoms with Gasteiger partial charge in [-0.15, -0.1) is 0 Å². The van der Waals surface area contributed by atoms with Crippen LogP contribution in [0.1, 0.15) is 5.56 Å². The maximum atomic E-state index is 5.31. The summed E-state index contributed by atoms with van der Waals surface area (Å²) in [7, 11) is 4.78. The van der Waals surface area contributed by atoms with Crippen LogP contribution >= 0.6 is 0 Å². The van der Waals surface area contributed by atoms with E-state index in [1.165, 1.54) is 0 Å². The van der Waals surface area contributed by atoms with Gasteiger partial charge in [0.05, 0.1) is 7.11 Å². The zero-order valence-corrected chi connectivity index (χ0v) is 9.32. The van der Waals surface area contributed by atoms with Crippen LogP contribution in [0.3, 0.4) is 0 Å². The monoisotopic (exact) mass is 208 g/mol. The topological polar surface area (TPSA) is 27.7 Å². The third kappa shape index (κ3) is 2.19. The summed E-state index contributed by atoms with van der Waals surface area (Å²) in [6.45, 7) is 3.71. The van der Waals surface area contributed by atoms with E-state index in [0.717, 1.165) is 11.3 Å². The summed E-state index contributed by atoms with van der Waals surface area (Å²) >= 11 is 0. The number of methoxy groups -OCH3 is 3. The molecule has 0 fully saturated rings. The molecule has 82 valence electrons. The predicted molar refractivity (Wildman–Crippen MR) is 58.9 cm³/mol. The highest BCUT2D eigenvalue weighted by atomic mass is 16.7. The van der Waals surface area contributed by atoms with E-state index in [1.807, 2.05) is 24.3 Å². The molecule has 1 aromatic rings. The van der Waals surface area contributed by atoms with Gasteiger partial charge in [-0.1, -0.05) is 6.58 Å². The second-order valence-electron chi connectivity index (χ2n) is 3.01. The molecule has 0 radical (unpaired) electrons. The molecule has 0 saturated heterocycles. The lowest BCUT2D eigenvalue weighted by atomic mass is 10.1. The van der Waals surface area contributed by atoms with Crippen LogP contribution in [0.5, 0.6) is 5.75 Å². The van der Waals surface area contributed by atoms with E-state index in [1.54, 1.807) is 27.4 Å². The average molecular weight is 208 g/mol. The second-order valence-corrected chi connectivity index (χ2v) is 3.01. The van der Waals surface area contributed by atoms with Gasteiger partial charge >= 0.3 is 0 Å². The lowest BCUT2D eigenvalue weighted by Gasteiger charge is -2.27. The number of ether oxygens (including phenoxy) is 3. The van der Waals surface area contributed by atoms with Crippen molar-refractivity contribution in [2.75, 3.05) is 21.3 Å². The average Bonchev–Trinajstić information content (AvgIpc) is 2.33. The molecule has 0 aliphatic carbocycles. The molecule has 0 aromatic heterocycles. The molecule has 3 heteroatoms. The van der Waals surface area contributed by atoms with E-state index in [2.05, 4.69) is 6.58 Å². The van der Waals surface area contributed by atoms with Gasteiger partial charge in [-0.3, -0.25) is 0 Å². The summed E-state index contributed by atoms with van der Waals surface area (Å²) in [6, 6.07) is 7.47. The fourth-order valence-corrected chi connectivity index (χ4v) is 1.43. The van der Waals surface area contributed by atoms with Crippen LogP contribution < -0.4 is 4.74 Å². The lowest BCUT2D eigenvalue weighted by Crippen LogP contribution is -2.27. The highest BCUT2D eigenvalue weighted by Gasteiger charge is 2.27. The Kier molecular flexibility index (Phi) is 3.88. The fourth-order valence-electron chi connectivity index (χ4n) is 1.43. The van der Waals surface area contributed by atoms with Crippen molar-refractivity contribution >= 4 is 0 Å². The first kappa shape index (κ1) is 11.8. The zero-order valence-electron chi connectivity index (χ0n) is 9.32. The Balaban J connectivity index is 3.06. The Morgan fingerprint density at radius 1 is 1.07 bits per heavy atom. The zero-order chi connectivity index (χ0) is 11.3. The number of hydrogen-bond acceptors (Lipinski definition) is 3. The van der Waals surface area contributed by atoms with E-state index in [0.29, 0.717) is 0 Å². The Bertz CT molecular complexity index is 312. The van der Waals surface area contributed by atoms with Crippen LogP contribution in [0.15, 0.2) is 36.9 Å². The van der Waals surface area contributed by atoms with Crippen molar-refractivity contribution < 1.29 is 14.2 Å². The Labute approximate surface area is 90.3 Å². The number of hydrogen-bond donors (Lipinski definition) is 0. The van der Waals surface area contributed by atoms with Gasteiger partial charge in [-0.25, -0.2) is 0 Å². The molecule has 0 saturated carbocycles.